The molecule has 1 atom stereocenters. The van der Waals surface area contributed by atoms with E-state index < -0.39 is 23.6 Å². The van der Waals surface area contributed by atoms with Crippen LogP contribution in [-0.2, 0) is 6.61 Å². The minimum Gasteiger partial charge on any atom is -0.493 e. The predicted octanol–water partition coefficient (Wildman–Crippen LogP) is 8.03. The standard InChI is InChI=1S/C31H27F3O3/c1-3-4-17-36-25-13-14-26(28(32)18-25)23-7-5-21(6-8-23)19-37-29-16-15-27(30(33)31(29)34)24-11-9-22(10-12-24)20(2)35/h3,5-16,18,20,35H,1,4,17,19H2,2H3. The molecule has 4 aromatic carbocycles. The van der Waals surface area contributed by atoms with E-state index in [-0.39, 0.29) is 17.9 Å². The maximum atomic E-state index is 14.8. The average molecular weight is 505 g/mol. The van der Waals surface area contributed by atoms with Crippen LogP contribution in [0.3, 0.4) is 0 Å². The second kappa shape index (κ2) is 11.8. The monoisotopic (exact) mass is 504 g/mol. The lowest BCUT2D eigenvalue weighted by molar-refractivity contribution is 0.199. The molecule has 0 aliphatic heterocycles. The third-order valence-electron chi connectivity index (χ3n) is 5.94. The van der Waals surface area contributed by atoms with Crippen molar-refractivity contribution in [3.8, 4) is 33.8 Å². The lowest BCUT2D eigenvalue weighted by Gasteiger charge is -2.12. The molecule has 4 rings (SSSR count). The van der Waals surface area contributed by atoms with Gasteiger partial charge in [0.2, 0.25) is 5.82 Å². The van der Waals surface area contributed by atoms with Gasteiger partial charge in [0.25, 0.3) is 0 Å². The molecule has 37 heavy (non-hydrogen) atoms. The minimum atomic E-state index is -1.08. The van der Waals surface area contributed by atoms with Crippen LogP contribution in [0.25, 0.3) is 22.3 Å². The normalized spacial score (nSPS) is 11.7. The van der Waals surface area contributed by atoms with Crippen LogP contribution in [0.1, 0.15) is 30.6 Å². The largest absolute Gasteiger partial charge is 0.493 e. The van der Waals surface area contributed by atoms with E-state index in [0.717, 1.165) is 0 Å². The highest BCUT2D eigenvalue weighted by molar-refractivity contribution is 5.66. The fourth-order valence-corrected chi connectivity index (χ4v) is 3.83. The van der Waals surface area contributed by atoms with Gasteiger partial charge in [-0.1, -0.05) is 54.6 Å². The second-order valence-corrected chi connectivity index (χ2v) is 8.59. The van der Waals surface area contributed by atoms with Crippen LogP contribution in [-0.4, -0.2) is 11.7 Å². The van der Waals surface area contributed by atoms with Crippen molar-refractivity contribution in [1.82, 2.24) is 0 Å². The van der Waals surface area contributed by atoms with Crippen LogP contribution in [0, 0.1) is 17.5 Å². The molecule has 0 fully saturated rings. The van der Waals surface area contributed by atoms with Crippen LogP contribution in [0.4, 0.5) is 13.2 Å². The van der Waals surface area contributed by atoms with E-state index in [2.05, 4.69) is 6.58 Å². The van der Waals surface area contributed by atoms with E-state index in [9.17, 15) is 18.3 Å². The summed E-state index contributed by atoms with van der Waals surface area (Å²) in [5, 5.41) is 9.63. The van der Waals surface area contributed by atoms with Gasteiger partial charge in [-0.25, -0.2) is 8.78 Å². The van der Waals surface area contributed by atoms with Crippen molar-refractivity contribution in [2.45, 2.75) is 26.1 Å². The van der Waals surface area contributed by atoms with Gasteiger partial charge < -0.3 is 14.6 Å². The minimum absolute atomic E-state index is 0.0115. The zero-order valence-corrected chi connectivity index (χ0v) is 20.4. The predicted molar refractivity (Wildman–Crippen MR) is 139 cm³/mol. The molecule has 1 unspecified atom stereocenters. The van der Waals surface area contributed by atoms with Gasteiger partial charge in [0.15, 0.2) is 11.6 Å². The molecule has 0 aromatic heterocycles. The maximum absolute atomic E-state index is 14.8. The lowest BCUT2D eigenvalue weighted by Crippen LogP contribution is -2.00. The summed E-state index contributed by atoms with van der Waals surface area (Å²) in [5.74, 6) is -2.25. The zero-order valence-electron chi connectivity index (χ0n) is 20.4. The Kier molecular flexibility index (Phi) is 8.31. The number of benzene rings is 4. The summed E-state index contributed by atoms with van der Waals surface area (Å²) in [6.45, 7) is 5.70. The van der Waals surface area contributed by atoms with Crippen molar-refractivity contribution >= 4 is 0 Å². The van der Waals surface area contributed by atoms with Crippen molar-refractivity contribution in [2.24, 2.45) is 0 Å². The van der Waals surface area contributed by atoms with E-state index >= 15 is 0 Å². The Morgan fingerprint density at radius 1 is 0.811 bits per heavy atom. The van der Waals surface area contributed by atoms with Gasteiger partial charge in [-0.15, -0.1) is 6.58 Å². The topological polar surface area (TPSA) is 38.7 Å². The molecule has 0 bridgehead atoms. The molecule has 190 valence electrons. The third-order valence-corrected chi connectivity index (χ3v) is 5.94. The Labute approximate surface area is 214 Å². The van der Waals surface area contributed by atoms with Crippen molar-refractivity contribution < 1.29 is 27.8 Å². The van der Waals surface area contributed by atoms with Gasteiger partial charge in [-0.05, 0) is 59.9 Å². The molecule has 0 aliphatic rings. The third kappa shape index (κ3) is 6.22. The van der Waals surface area contributed by atoms with Crippen LogP contribution >= 0.6 is 0 Å². The van der Waals surface area contributed by atoms with Crippen molar-refractivity contribution in [3.05, 3.63) is 120 Å². The van der Waals surface area contributed by atoms with E-state index in [0.29, 0.717) is 46.6 Å². The van der Waals surface area contributed by atoms with Crippen LogP contribution < -0.4 is 9.47 Å². The quantitative estimate of drug-likeness (QED) is 0.176. The molecule has 0 saturated carbocycles. The summed E-state index contributed by atoms with van der Waals surface area (Å²) < 4.78 is 55.1. The molecular formula is C31H27F3O3. The molecule has 1 N–H and O–H groups in total. The molecule has 0 spiro atoms. The number of aliphatic hydroxyl groups is 1. The van der Waals surface area contributed by atoms with Gasteiger partial charge in [0.1, 0.15) is 18.2 Å². The Bertz CT molecular complexity index is 1360. The summed E-state index contributed by atoms with van der Waals surface area (Å²) >= 11 is 0. The Morgan fingerprint density at radius 2 is 1.46 bits per heavy atom. The van der Waals surface area contributed by atoms with E-state index in [1.54, 1.807) is 73.7 Å². The smallest absolute Gasteiger partial charge is 0.201 e. The molecule has 0 saturated heterocycles. The van der Waals surface area contributed by atoms with Crippen LogP contribution in [0.15, 0.2) is 91.5 Å². The highest BCUT2D eigenvalue weighted by Gasteiger charge is 2.16. The summed E-state index contributed by atoms with van der Waals surface area (Å²) in [6, 6.07) is 21.1. The first kappa shape index (κ1) is 26.0. The highest BCUT2D eigenvalue weighted by Crippen LogP contribution is 2.31. The fourth-order valence-electron chi connectivity index (χ4n) is 3.83. The van der Waals surface area contributed by atoms with Gasteiger partial charge >= 0.3 is 0 Å². The molecule has 6 heteroatoms. The van der Waals surface area contributed by atoms with E-state index in [1.807, 2.05) is 0 Å². The van der Waals surface area contributed by atoms with Gasteiger partial charge in [0, 0.05) is 17.2 Å². The molecule has 0 heterocycles. The SMILES string of the molecule is C=CCCOc1ccc(-c2ccc(COc3ccc(-c4ccc(C(C)O)cc4)c(F)c3F)cc2)c(F)c1. The van der Waals surface area contributed by atoms with Gasteiger partial charge in [0.05, 0.1) is 12.7 Å². The van der Waals surface area contributed by atoms with Gasteiger partial charge in [-0.3, -0.25) is 0 Å². The number of halogens is 3. The second-order valence-electron chi connectivity index (χ2n) is 8.59. The van der Waals surface area contributed by atoms with E-state index in [4.69, 9.17) is 9.47 Å². The van der Waals surface area contributed by atoms with Gasteiger partial charge in [-0.2, -0.15) is 4.39 Å². The Hall–Kier alpha value is -4.03. The van der Waals surface area contributed by atoms with Crippen molar-refractivity contribution in [3.63, 3.8) is 0 Å². The first-order chi connectivity index (χ1) is 17.9. The summed E-state index contributed by atoms with van der Waals surface area (Å²) in [6.07, 6.45) is 1.76. The summed E-state index contributed by atoms with van der Waals surface area (Å²) in [7, 11) is 0. The van der Waals surface area contributed by atoms with Crippen LogP contribution in [0.2, 0.25) is 0 Å². The molecular weight excluding hydrogens is 477 g/mol. The fraction of sp³-hybridized carbons (Fsp3) is 0.161. The number of aliphatic hydroxyl groups excluding tert-OH is 1. The lowest BCUT2D eigenvalue weighted by atomic mass is 10.0. The Balaban J connectivity index is 1.42. The molecule has 0 aliphatic carbocycles. The number of hydrogen-bond acceptors (Lipinski definition) is 3. The number of rotatable bonds is 10. The molecule has 0 amide bonds. The first-order valence-corrected chi connectivity index (χ1v) is 11.9. The highest BCUT2D eigenvalue weighted by atomic mass is 19.2. The zero-order chi connectivity index (χ0) is 26.4. The van der Waals surface area contributed by atoms with E-state index in [1.165, 1.54) is 18.2 Å². The summed E-state index contributed by atoms with van der Waals surface area (Å²) in [4.78, 5) is 0. The molecule has 3 nitrogen and oxygen atoms in total. The molecule has 0 radical (unpaired) electrons. The number of hydrogen-bond donors (Lipinski definition) is 1. The number of ether oxygens (including phenoxy) is 2. The van der Waals surface area contributed by atoms with Crippen LogP contribution in [0.5, 0.6) is 11.5 Å². The average Bonchev–Trinajstić information content (AvgIpc) is 2.90. The Morgan fingerprint density at radius 3 is 2.11 bits per heavy atom. The molecule has 4 aromatic rings. The van der Waals surface area contributed by atoms with Crippen molar-refractivity contribution in [2.75, 3.05) is 6.61 Å². The van der Waals surface area contributed by atoms with Crippen molar-refractivity contribution in [1.29, 1.82) is 0 Å². The summed E-state index contributed by atoms with van der Waals surface area (Å²) in [5.41, 5.74) is 3.09. The first-order valence-electron chi connectivity index (χ1n) is 11.9. The maximum Gasteiger partial charge on any atom is 0.201 e.